The summed E-state index contributed by atoms with van der Waals surface area (Å²) < 4.78 is 0. The van der Waals surface area contributed by atoms with Gasteiger partial charge in [0.2, 0.25) is 0 Å². The van der Waals surface area contributed by atoms with E-state index in [1.807, 2.05) is 37.3 Å². The van der Waals surface area contributed by atoms with Crippen molar-refractivity contribution in [3.63, 3.8) is 0 Å². The second-order valence-corrected chi connectivity index (χ2v) is 3.01. The van der Waals surface area contributed by atoms with E-state index in [-0.39, 0.29) is 0 Å². The van der Waals surface area contributed by atoms with E-state index in [1.165, 1.54) is 0 Å². The maximum Gasteiger partial charge on any atom is 0.0915 e. The fourth-order valence-electron chi connectivity index (χ4n) is 1.03. The fourth-order valence-corrected chi connectivity index (χ4v) is 1.03. The smallest absolute Gasteiger partial charge is 0.0915 e. The van der Waals surface area contributed by atoms with Crippen LogP contribution in [0.2, 0.25) is 0 Å². The van der Waals surface area contributed by atoms with E-state index in [0.29, 0.717) is 6.54 Å². The molecule has 0 aliphatic carbocycles. The number of nitriles is 1. The van der Waals surface area contributed by atoms with Gasteiger partial charge in [0.25, 0.3) is 0 Å². The van der Waals surface area contributed by atoms with Crippen molar-refractivity contribution in [1.82, 2.24) is 0 Å². The molecule has 1 aromatic carbocycles. The highest BCUT2D eigenvalue weighted by Gasteiger charge is 2.23. The van der Waals surface area contributed by atoms with E-state index < -0.39 is 5.41 Å². The third kappa shape index (κ3) is 1.46. The molecule has 1 aromatic rings. The van der Waals surface area contributed by atoms with Gasteiger partial charge in [0, 0.05) is 6.54 Å². The summed E-state index contributed by atoms with van der Waals surface area (Å²) in [7, 11) is 0. The lowest BCUT2D eigenvalue weighted by atomic mass is 9.84. The van der Waals surface area contributed by atoms with Crippen LogP contribution in [0.4, 0.5) is 0 Å². The molecule has 2 N–H and O–H groups in total. The molecular formula is C10H12N2. The predicted octanol–water partition coefficient (Wildman–Crippen LogP) is 1.43. The zero-order chi connectivity index (χ0) is 9.03. The molecule has 1 atom stereocenters. The van der Waals surface area contributed by atoms with E-state index in [9.17, 15) is 0 Å². The average Bonchev–Trinajstić information content (AvgIpc) is 2.18. The second kappa shape index (κ2) is 3.38. The van der Waals surface area contributed by atoms with Crippen LogP contribution in [0.15, 0.2) is 30.3 Å². The maximum absolute atomic E-state index is 8.91. The molecule has 12 heavy (non-hydrogen) atoms. The molecule has 1 unspecified atom stereocenters. The van der Waals surface area contributed by atoms with Crippen molar-refractivity contribution in [2.24, 2.45) is 5.73 Å². The molecule has 0 aliphatic rings. The van der Waals surface area contributed by atoms with Crippen LogP contribution < -0.4 is 5.73 Å². The fraction of sp³-hybridized carbons (Fsp3) is 0.300. The molecule has 0 aliphatic heterocycles. The van der Waals surface area contributed by atoms with Crippen LogP contribution >= 0.6 is 0 Å². The highest BCUT2D eigenvalue weighted by Crippen LogP contribution is 2.20. The Morgan fingerprint density at radius 2 is 2.00 bits per heavy atom. The Hall–Kier alpha value is -1.33. The van der Waals surface area contributed by atoms with E-state index >= 15 is 0 Å². The molecule has 0 amide bonds. The summed E-state index contributed by atoms with van der Waals surface area (Å²) in [6.45, 7) is 2.20. The van der Waals surface area contributed by atoms with Crippen LogP contribution in [0.3, 0.4) is 0 Å². The largest absolute Gasteiger partial charge is 0.329 e. The van der Waals surface area contributed by atoms with Gasteiger partial charge in [0.05, 0.1) is 11.5 Å². The molecule has 0 spiro atoms. The average molecular weight is 160 g/mol. The predicted molar refractivity (Wildman–Crippen MR) is 48.5 cm³/mol. The van der Waals surface area contributed by atoms with Gasteiger partial charge in [-0.1, -0.05) is 30.3 Å². The molecule has 2 nitrogen and oxygen atoms in total. The molecule has 0 fully saturated rings. The summed E-state index contributed by atoms with van der Waals surface area (Å²) in [4.78, 5) is 0. The quantitative estimate of drug-likeness (QED) is 0.711. The normalized spacial score (nSPS) is 14.8. The topological polar surface area (TPSA) is 49.8 Å². The van der Waals surface area contributed by atoms with Crippen molar-refractivity contribution in [1.29, 1.82) is 5.26 Å². The maximum atomic E-state index is 8.91. The van der Waals surface area contributed by atoms with Gasteiger partial charge in [0.15, 0.2) is 0 Å². The Balaban J connectivity index is 3.06. The Kier molecular flexibility index (Phi) is 2.47. The van der Waals surface area contributed by atoms with Gasteiger partial charge in [0.1, 0.15) is 0 Å². The van der Waals surface area contributed by atoms with Crippen LogP contribution in [0.1, 0.15) is 12.5 Å². The molecule has 0 heterocycles. The third-order valence-electron chi connectivity index (χ3n) is 2.07. The van der Waals surface area contributed by atoms with Crippen molar-refractivity contribution >= 4 is 0 Å². The van der Waals surface area contributed by atoms with Gasteiger partial charge >= 0.3 is 0 Å². The van der Waals surface area contributed by atoms with Crippen LogP contribution in [0, 0.1) is 11.3 Å². The first-order valence-corrected chi connectivity index (χ1v) is 3.90. The van der Waals surface area contributed by atoms with Gasteiger partial charge in [-0.15, -0.1) is 0 Å². The summed E-state index contributed by atoms with van der Waals surface area (Å²) >= 11 is 0. The van der Waals surface area contributed by atoms with Crippen molar-refractivity contribution < 1.29 is 0 Å². The van der Waals surface area contributed by atoms with E-state index in [0.717, 1.165) is 5.56 Å². The number of hydrogen-bond donors (Lipinski definition) is 1. The van der Waals surface area contributed by atoms with Crippen LogP contribution in [-0.4, -0.2) is 6.54 Å². The molecule has 2 heteroatoms. The highest BCUT2D eigenvalue weighted by atomic mass is 14.6. The molecule has 1 rings (SSSR count). The summed E-state index contributed by atoms with van der Waals surface area (Å²) in [5.74, 6) is 0. The molecule has 62 valence electrons. The number of nitrogens with two attached hydrogens (primary N) is 1. The van der Waals surface area contributed by atoms with Crippen molar-refractivity contribution in [2.75, 3.05) is 6.54 Å². The van der Waals surface area contributed by atoms with E-state index in [2.05, 4.69) is 6.07 Å². The zero-order valence-electron chi connectivity index (χ0n) is 7.12. The summed E-state index contributed by atoms with van der Waals surface area (Å²) in [6.07, 6.45) is 0. The number of nitrogens with zero attached hydrogens (tertiary/aromatic N) is 1. The first-order chi connectivity index (χ1) is 5.73. The van der Waals surface area contributed by atoms with Gasteiger partial charge in [-0.25, -0.2) is 0 Å². The van der Waals surface area contributed by atoms with Gasteiger partial charge < -0.3 is 5.73 Å². The minimum atomic E-state index is -0.540. The summed E-state index contributed by atoms with van der Waals surface area (Å²) in [5.41, 5.74) is 5.97. The lowest BCUT2D eigenvalue weighted by molar-refractivity contribution is 0.623. The van der Waals surface area contributed by atoms with Gasteiger partial charge in [-0.3, -0.25) is 0 Å². The van der Waals surface area contributed by atoms with Crippen LogP contribution in [-0.2, 0) is 5.41 Å². The monoisotopic (exact) mass is 160 g/mol. The Bertz CT molecular complexity index is 286. The van der Waals surface area contributed by atoms with E-state index in [4.69, 9.17) is 11.0 Å². The Morgan fingerprint density at radius 1 is 1.42 bits per heavy atom. The second-order valence-electron chi connectivity index (χ2n) is 3.01. The molecule has 0 saturated heterocycles. The zero-order valence-corrected chi connectivity index (χ0v) is 7.12. The molecule has 0 bridgehead atoms. The SMILES string of the molecule is CC(C#N)(CN)c1ccccc1. The Morgan fingerprint density at radius 3 is 2.42 bits per heavy atom. The molecule has 0 radical (unpaired) electrons. The van der Waals surface area contributed by atoms with Crippen molar-refractivity contribution in [3.05, 3.63) is 35.9 Å². The molecule has 0 saturated carbocycles. The minimum absolute atomic E-state index is 0.355. The van der Waals surface area contributed by atoms with Crippen molar-refractivity contribution in [3.8, 4) is 6.07 Å². The van der Waals surface area contributed by atoms with Crippen molar-refractivity contribution in [2.45, 2.75) is 12.3 Å². The van der Waals surface area contributed by atoms with Gasteiger partial charge in [-0.05, 0) is 12.5 Å². The van der Waals surface area contributed by atoms with Crippen LogP contribution in [0.5, 0.6) is 0 Å². The summed E-state index contributed by atoms with van der Waals surface area (Å²) in [5, 5.41) is 8.91. The van der Waals surface area contributed by atoms with Gasteiger partial charge in [-0.2, -0.15) is 5.26 Å². The lowest BCUT2D eigenvalue weighted by Crippen LogP contribution is -2.29. The van der Waals surface area contributed by atoms with E-state index in [1.54, 1.807) is 0 Å². The molecular weight excluding hydrogens is 148 g/mol. The number of benzene rings is 1. The standard InChI is InChI=1S/C10H12N2/c1-10(7-11,8-12)9-5-3-2-4-6-9/h2-6H,7,11H2,1H3. The number of hydrogen-bond acceptors (Lipinski definition) is 2. The minimum Gasteiger partial charge on any atom is -0.329 e. The first-order valence-electron chi connectivity index (χ1n) is 3.90. The first kappa shape index (κ1) is 8.76. The summed E-state index contributed by atoms with van der Waals surface area (Å²) in [6, 6.07) is 11.8. The third-order valence-corrected chi connectivity index (χ3v) is 2.07. The number of rotatable bonds is 2. The van der Waals surface area contributed by atoms with Crippen LogP contribution in [0.25, 0.3) is 0 Å². The lowest BCUT2D eigenvalue weighted by Gasteiger charge is -2.18. The Labute approximate surface area is 72.6 Å². The highest BCUT2D eigenvalue weighted by molar-refractivity contribution is 5.31. The molecule has 0 aromatic heterocycles.